The van der Waals surface area contributed by atoms with Gasteiger partial charge in [0.2, 0.25) is 47.3 Å². The lowest BCUT2D eigenvalue weighted by Gasteiger charge is -2.40. The summed E-state index contributed by atoms with van der Waals surface area (Å²) in [6.45, 7) is 31.1. The standard InChI is InChI=1S/C74H127N11O14/c1-42(2)35-55-69(93)81(20)58(38-45(7)8)66(90)75-50(16)74(98)99-64(48(13)14)73(97)82(21)59(39-46(9)10)67(91)77-56(36-43(3)4)70(94)83(22)61(47(11)12)72(96)84(23)62(63(88)49(15)29-32-85-33-30-53(31-34-85)52-27-25-24-26-28-52)68(92)78-60(51(17)86)71(95)80(19)41-54(87)40-79(18)57(37-44(5)6)65(89)76-55/h24-28,42-51,53,55-64,86,88H,29-41H2,1-23H3,(H,75,90)(H,76,89)(H,77,91)(H,78,92)/t49-,50-,51-,55-,56-,57+,58-,59-,60-,61-,62-,63-,64+/m1/s1. The molecule has 25 nitrogen and oxygen atoms in total. The molecule has 3 rings (SSSR count). The van der Waals surface area contributed by atoms with Gasteiger partial charge in [0.05, 0.1) is 31.3 Å². The number of likely N-dealkylation sites (N-methyl/N-ethyl adjacent to an activating group) is 6. The van der Waals surface area contributed by atoms with Crippen molar-refractivity contribution in [3.05, 3.63) is 35.9 Å². The maximum absolute atomic E-state index is 15.5. The van der Waals surface area contributed by atoms with Crippen LogP contribution in [-0.2, 0) is 57.5 Å². The van der Waals surface area contributed by atoms with Crippen LogP contribution in [0.5, 0.6) is 0 Å². The molecule has 0 unspecified atom stereocenters. The van der Waals surface area contributed by atoms with Crippen LogP contribution < -0.4 is 21.3 Å². The van der Waals surface area contributed by atoms with E-state index < -0.39 is 162 Å². The van der Waals surface area contributed by atoms with Crippen molar-refractivity contribution in [3.63, 3.8) is 0 Å². The van der Waals surface area contributed by atoms with Crippen LogP contribution in [0.25, 0.3) is 0 Å². The van der Waals surface area contributed by atoms with E-state index in [1.54, 1.807) is 41.7 Å². The van der Waals surface area contributed by atoms with E-state index in [-0.39, 0.29) is 68.2 Å². The molecule has 0 radical (unpaired) electrons. The van der Waals surface area contributed by atoms with E-state index in [0.717, 1.165) is 35.7 Å². The lowest BCUT2D eigenvalue weighted by molar-refractivity contribution is -0.166. The summed E-state index contributed by atoms with van der Waals surface area (Å²) in [5, 5.41) is 35.1. The molecule has 99 heavy (non-hydrogen) atoms. The van der Waals surface area contributed by atoms with Gasteiger partial charge in [-0.05, 0) is 151 Å². The highest BCUT2D eigenvalue weighted by Gasteiger charge is 2.46. The number of piperidine rings is 1. The SMILES string of the molecule is CC(C)C[C@@H]1C(=O)N[C@H](CC(C)C)C(=O)N(C)[C@H](C(C)C)C(=O)N(C)[C@H]([C@H](O)[C@H](C)CCN2CCC(c3ccccc3)CC2)C(=O)N[C@H]([C@@H](C)O)C(=O)N(C)CC(=O)CN(C)[C@@H](CC(C)C)C(=O)N[C@H](CC(C)C)C(=O)N(C)[C@H](CC(C)C)C(=O)N[C@H](C)C(=O)O[C@@H](C(C)C)C(=O)N1C. The topological polar surface area (TPSA) is 308 Å². The Bertz CT molecular complexity index is 2830. The van der Waals surface area contributed by atoms with Crippen molar-refractivity contribution < 1.29 is 67.7 Å². The Hall–Kier alpha value is -6.57. The van der Waals surface area contributed by atoms with Gasteiger partial charge < -0.3 is 65.6 Å². The first-order chi connectivity index (χ1) is 46.0. The number of nitrogens with zero attached hydrogens (tertiary/aromatic N) is 7. The minimum Gasteiger partial charge on any atom is -0.450 e. The summed E-state index contributed by atoms with van der Waals surface area (Å²) in [5.41, 5.74) is 1.27. The number of ketones is 1. The quantitative estimate of drug-likeness (QED) is 0.102. The van der Waals surface area contributed by atoms with Crippen LogP contribution in [0.1, 0.15) is 181 Å². The fourth-order valence-corrected chi connectivity index (χ4v) is 13.4. The molecule has 0 aliphatic carbocycles. The van der Waals surface area contributed by atoms with Gasteiger partial charge in [-0.3, -0.25) is 52.8 Å². The number of amides is 9. The summed E-state index contributed by atoms with van der Waals surface area (Å²) >= 11 is 0. The summed E-state index contributed by atoms with van der Waals surface area (Å²) in [4.78, 5) is 172. The van der Waals surface area contributed by atoms with E-state index in [0.29, 0.717) is 18.9 Å². The Kier molecular flexibility index (Phi) is 35.2. The normalized spacial score (nSPS) is 26.6. The van der Waals surface area contributed by atoms with Crippen molar-refractivity contribution in [1.29, 1.82) is 0 Å². The number of hydrogen-bond acceptors (Lipinski definition) is 16. The van der Waals surface area contributed by atoms with E-state index in [9.17, 15) is 48.6 Å². The molecule has 25 heteroatoms. The molecule has 562 valence electrons. The van der Waals surface area contributed by atoms with Crippen LogP contribution in [0.2, 0.25) is 0 Å². The smallest absolute Gasteiger partial charge is 0.329 e. The van der Waals surface area contributed by atoms with E-state index in [1.807, 2.05) is 87.4 Å². The van der Waals surface area contributed by atoms with Crippen LogP contribution in [-0.4, -0.2) is 257 Å². The number of likely N-dealkylation sites (tertiary alicyclic amines) is 1. The Labute approximate surface area is 591 Å². The largest absolute Gasteiger partial charge is 0.450 e. The average molecular weight is 1390 g/mol. The maximum Gasteiger partial charge on any atom is 0.329 e. The lowest BCUT2D eigenvalue weighted by atomic mass is 9.88. The number of hydrogen-bond donors (Lipinski definition) is 6. The van der Waals surface area contributed by atoms with E-state index in [4.69, 9.17) is 4.74 Å². The molecule has 2 aliphatic rings. The second-order valence-electron chi connectivity index (χ2n) is 31.2. The maximum atomic E-state index is 15.5. The van der Waals surface area contributed by atoms with Gasteiger partial charge in [0.15, 0.2) is 11.9 Å². The first-order valence-corrected chi connectivity index (χ1v) is 36.1. The van der Waals surface area contributed by atoms with Gasteiger partial charge >= 0.3 is 5.97 Å². The average Bonchev–Trinajstić information content (AvgIpc) is 0.807. The molecule has 0 saturated carbocycles. The van der Waals surface area contributed by atoms with Crippen LogP contribution in [0.3, 0.4) is 0 Å². The third-order valence-corrected chi connectivity index (χ3v) is 19.2. The molecule has 13 atom stereocenters. The van der Waals surface area contributed by atoms with E-state index >= 15 is 14.4 Å². The molecule has 0 aromatic heterocycles. The molecule has 2 aliphatic heterocycles. The fourth-order valence-electron chi connectivity index (χ4n) is 13.4. The van der Waals surface area contributed by atoms with Crippen molar-refractivity contribution in [3.8, 4) is 0 Å². The van der Waals surface area contributed by atoms with Gasteiger partial charge in [0.1, 0.15) is 48.3 Å². The molecular formula is C74H127N11O14. The van der Waals surface area contributed by atoms with Gasteiger partial charge in [-0.15, -0.1) is 0 Å². The number of rotatable bonds is 19. The molecule has 0 bridgehead atoms. The highest BCUT2D eigenvalue weighted by Crippen LogP contribution is 2.30. The first kappa shape index (κ1) is 86.7. The minimum atomic E-state index is -1.73. The number of benzene rings is 1. The summed E-state index contributed by atoms with van der Waals surface area (Å²) in [6, 6.07) is -1.60. The third kappa shape index (κ3) is 25.8. The zero-order valence-corrected chi connectivity index (χ0v) is 64.1. The van der Waals surface area contributed by atoms with E-state index in [1.165, 1.54) is 74.2 Å². The number of aliphatic hydroxyl groups is 2. The Morgan fingerprint density at radius 1 is 0.485 bits per heavy atom. The van der Waals surface area contributed by atoms with Crippen molar-refractivity contribution in [1.82, 2.24) is 55.6 Å². The summed E-state index contributed by atoms with van der Waals surface area (Å²) < 4.78 is 5.94. The zero-order chi connectivity index (χ0) is 75.4. The predicted octanol–water partition coefficient (Wildman–Crippen LogP) is 4.70. The molecule has 6 N–H and O–H groups in total. The number of esters is 1. The molecule has 2 saturated heterocycles. The van der Waals surface area contributed by atoms with Crippen LogP contribution in [0, 0.1) is 47.3 Å². The molecule has 9 amide bonds. The number of nitrogens with one attached hydrogen (secondary N) is 4. The third-order valence-electron chi connectivity index (χ3n) is 19.2. The number of carbonyl (C=O) groups excluding carboxylic acids is 11. The predicted molar refractivity (Wildman–Crippen MR) is 382 cm³/mol. The van der Waals surface area contributed by atoms with Crippen molar-refractivity contribution >= 4 is 64.9 Å². The summed E-state index contributed by atoms with van der Waals surface area (Å²) in [6.07, 6.45) is -1.70. The summed E-state index contributed by atoms with van der Waals surface area (Å²) in [7, 11) is 8.48. The molecular weight excluding hydrogens is 1270 g/mol. The Morgan fingerprint density at radius 2 is 0.929 bits per heavy atom. The second-order valence-corrected chi connectivity index (χ2v) is 31.2. The minimum absolute atomic E-state index is 0.0814. The number of ether oxygens (including phenoxy) is 1. The van der Waals surface area contributed by atoms with Crippen molar-refractivity contribution in [2.75, 3.05) is 75.0 Å². The van der Waals surface area contributed by atoms with Crippen LogP contribution in [0.15, 0.2) is 30.3 Å². The van der Waals surface area contributed by atoms with Gasteiger partial charge in [0, 0.05) is 35.2 Å². The van der Waals surface area contributed by atoms with Crippen molar-refractivity contribution in [2.45, 2.75) is 248 Å². The molecule has 1 aromatic carbocycles. The first-order valence-electron chi connectivity index (χ1n) is 36.1. The monoisotopic (exact) mass is 1390 g/mol. The second kappa shape index (κ2) is 40.2. The molecule has 1 aromatic rings. The zero-order valence-electron chi connectivity index (χ0n) is 64.1. The lowest BCUT2D eigenvalue weighted by Crippen LogP contribution is -2.64. The number of aliphatic hydroxyl groups excluding tert-OH is 2. The molecule has 2 heterocycles. The molecule has 2 fully saturated rings. The molecule has 0 spiro atoms. The number of carbonyl (C=O) groups is 11. The highest BCUT2D eigenvalue weighted by molar-refractivity contribution is 5.99. The van der Waals surface area contributed by atoms with Gasteiger partial charge in [0.25, 0.3) is 5.91 Å². The van der Waals surface area contributed by atoms with Crippen LogP contribution >= 0.6 is 0 Å². The number of cyclic esters (lactones) is 1. The fraction of sp³-hybridized carbons (Fsp3) is 0.770. The van der Waals surface area contributed by atoms with Gasteiger partial charge in [-0.1, -0.05) is 134 Å². The van der Waals surface area contributed by atoms with Crippen molar-refractivity contribution in [2.24, 2.45) is 47.3 Å². The number of Topliss-reactive ketones (excluding diaryl/α,β-unsaturated/α-hetero) is 1. The highest BCUT2D eigenvalue weighted by atomic mass is 16.6. The van der Waals surface area contributed by atoms with Gasteiger partial charge in [-0.25, -0.2) is 4.79 Å². The Balaban J connectivity index is 2.28. The summed E-state index contributed by atoms with van der Waals surface area (Å²) in [5.74, 6) is -10.5. The van der Waals surface area contributed by atoms with Crippen LogP contribution in [0.4, 0.5) is 0 Å². The van der Waals surface area contributed by atoms with E-state index in [2.05, 4.69) is 38.3 Å². The van der Waals surface area contributed by atoms with Gasteiger partial charge in [-0.2, -0.15) is 0 Å². The Morgan fingerprint density at radius 3 is 1.39 bits per heavy atom.